The highest BCUT2D eigenvalue weighted by Crippen LogP contribution is 2.27. The third-order valence-corrected chi connectivity index (χ3v) is 5.41. The van der Waals surface area contributed by atoms with Crippen molar-refractivity contribution in [2.24, 2.45) is 0 Å². The van der Waals surface area contributed by atoms with Gasteiger partial charge in [-0.3, -0.25) is 14.1 Å². The van der Waals surface area contributed by atoms with Crippen molar-refractivity contribution in [2.45, 2.75) is 19.3 Å². The minimum atomic E-state index is -2.59. The summed E-state index contributed by atoms with van der Waals surface area (Å²) in [6.45, 7) is 1.85. The number of halogens is 2. The molecule has 1 aliphatic rings. The fourth-order valence-electron chi connectivity index (χ4n) is 3.68. The van der Waals surface area contributed by atoms with Gasteiger partial charge in [0.05, 0.1) is 19.3 Å². The van der Waals surface area contributed by atoms with Crippen molar-refractivity contribution < 1.29 is 18.1 Å². The van der Waals surface area contributed by atoms with Crippen LogP contribution in [0.1, 0.15) is 21.9 Å². The Hall–Kier alpha value is -3.66. The molecule has 0 radical (unpaired) electrons. The van der Waals surface area contributed by atoms with E-state index in [1.54, 1.807) is 21.6 Å². The number of carbonyl (C=O) groups excluding carboxylic acids is 1. The van der Waals surface area contributed by atoms with Crippen molar-refractivity contribution in [3.05, 3.63) is 65.9 Å². The van der Waals surface area contributed by atoms with Crippen molar-refractivity contribution in [3.63, 3.8) is 0 Å². The van der Waals surface area contributed by atoms with Gasteiger partial charge < -0.3 is 9.84 Å². The largest absolute Gasteiger partial charge is 0.339 e. The first-order valence-corrected chi connectivity index (χ1v) is 10.2. The number of nitrogens with one attached hydrogen (secondary N) is 1. The van der Waals surface area contributed by atoms with E-state index >= 15 is 0 Å². The second-order valence-electron chi connectivity index (χ2n) is 7.88. The molecule has 0 saturated carbocycles. The average molecular weight is 438 g/mol. The number of alkyl halides is 2. The van der Waals surface area contributed by atoms with E-state index in [9.17, 15) is 13.6 Å². The van der Waals surface area contributed by atoms with Crippen molar-refractivity contribution in [2.75, 3.05) is 25.0 Å². The summed E-state index contributed by atoms with van der Waals surface area (Å²) in [4.78, 5) is 23.1. The molecule has 1 amide bonds. The zero-order valence-corrected chi connectivity index (χ0v) is 17.3. The van der Waals surface area contributed by atoms with Crippen LogP contribution in [0.4, 0.5) is 14.5 Å². The van der Waals surface area contributed by atoms with E-state index in [1.165, 1.54) is 6.20 Å². The molecule has 4 aromatic rings. The molecule has 1 aromatic carbocycles. The Bertz CT molecular complexity index is 1290. The fourth-order valence-corrected chi connectivity index (χ4v) is 3.68. The molecule has 0 aliphatic carbocycles. The predicted octanol–water partition coefficient (Wildman–Crippen LogP) is 3.44. The van der Waals surface area contributed by atoms with Crippen LogP contribution in [-0.4, -0.2) is 55.9 Å². The number of anilines is 1. The minimum Gasteiger partial charge on any atom is -0.339 e. The molecule has 1 aliphatic heterocycles. The van der Waals surface area contributed by atoms with Gasteiger partial charge in [-0.05, 0) is 30.7 Å². The molecule has 0 bridgehead atoms. The third kappa shape index (κ3) is 3.96. The van der Waals surface area contributed by atoms with E-state index in [-0.39, 0.29) is 19.0 Å². The number of likely N-dealkylation sites (tertiary alicyclic amines) is 1. The molecule has 10 heteroatoms. The topological polar surface area (TPSA) is 88.6 Å². The molecule has 0 spiro atoms. The summed E-state index contributed by atoms with van der Waals surface area (Å²) in [7, 11) is 0. The summed E-state index contributed by atoms with van der Waals surface area (Å²) in [5, 5.41) is 6.92. The number of aromatic nitrogens is 4. The maximum absolute atomic E-state index is 12.9. The number of carbonyl (C=O) groups is 1. The van der Waals surface area contributed by atoms with E-state index in [0.29, 0.717) is 47.3 Å². The number of benzene rings is 1. The summed E-state index contributed by atoms with van der Waals surface area (Å²) in [5.74, 6) is -2.12. The summed E-state index contributed by atoms with van der Waals surface area (Å²) < 4.78 is 32.9. The number of rotatable bonds is 6. The van der Waals surface area contributed by atoms with Crippen LogP contribution in [0.25, 0.3) is 17.0 Å². The second kappa shape index (κ2) is 7.79. The van der Waals surface area contributed by atoms with Gasteiger partial charge in [0.15, 0.2) is 0 Å². The Morgan fingerprint density at radius 2 is 2.09 bits per heavy atom. The monoisotopic (exact) mass is 438 g/mol. The molecule has 0 unspecified atom stereocenters. The number of aryl methyl sites for hydroxylation is 1. The standard InChI is InChI=1S/C22H20F2N6O2/c1-14-5-6-15(20-27-19(32-28-20)7-9-29-12-22(23,24)13-29)10-16(14)26-21(31)17-11-25-18-4-2-3-8-30(17)18/h2-6,8,10-11H,7,9,12-13H2,1H3,(H,26,31). The Labute approximate surface area is 181 Å². The van der Waals surface area contributed by atoms with E-state index in [4.69, 9.17) is 4.52 Å². The molecule has 0 atom stereocenters. The molecule has 4 heterocycles. The number of fused-ring (bicyclic) bond motifs is 1. The maximum atomic E-state index is 12.9. The summed E-state index contributed by atoms with van der Waals surface area (Å²) >= 11 is 0. The van der Waals surface area contributed by atoms with Crippen LogP contribution in [0, 0.1) is 6.92 Å². The molecule has 8 nitrogen and oxygen atoms in total. The molecular formula is C22H20F2N6O2. The van der Waals surface area contributed by atoms with Gasteiger partial charge >= 0.3 is 0 Å². The smallest absolute Gasteiger partial charge is 0.274 e. The normalized spacial score (nSPS) is 15.6. The number of amides is 1. The zero-order valence-electron chi connectivity index (χ0n) is 17.3. The molecule has 1 N–H and O–H groups in total. The number of hydrogen-bond acceptors (Lipinski definition) is 6. The molecule has 3 aromatic heterocycles. The van der Waals surface area contributed by atoms with Crippen LogP contribution < -0.4 is 5.32 Å². The fraction of sp³-hybridized carbons (Fsp3) is 0.273. The molecule has 5 rings (SSSR count). The molecule has 164 valence electrons. The number of hydrogen-bond donors (Lipinski definition) is 1. The first-order valence-electron chi connectivity index (χ1n) is 10.2. The first-order chi connectivity index (χ1) is 15.4. The lowest BCUT2D eigenvalue weighted by Crippen LogP contribution is -2.56. The Kier molecular flexibility index (Phi) is 4.93. The van der Waals surface area contributed by atoms with Gasteiger partial charge in [0.2, 0.25) is 11.7 Å². The van der Waals surface area contributed by atoms with Crippen LogP contribution in [0.5, 0.6) is 0 Å². The van der Waals surface area contributed by atoms with Gasteiger partial charge in [0.1, 0.15) is 11.3 Å². The van der Waals surface area contributed by atoms with Gasteiger partial charge in [0, 0.05) is 30.4 Å². The summed E-state index contributed by atoms with van der Waals surface area (Å²) in [6.07, 6.45) is 3.71. The lowest BCUT2D eigenvalue weighted by molar-refractivity contribution is -0.130. The van der Waals surface area contributed by atoms with Gasteiger partial charge in [-0.15, -0.1) is 0 Å². The van der Waals surface area contributed by atoms with Gasteiger partial charge in [0.25, 0.3) is 11.8 Å². The van der Waals surface area contributed by atoms with Crippen LogP contribution in [-0.2, 0) is 6.42 Å². The van der Waals surface area contributed by atoms with E-state index in [2.05, 4.69) is 20.4 Å². The highest BCUT2D eigenvalue weighted by atomic mass is 19.3. The van der Waals surface area contributed by atoms with Crippen molar-refractivity contribution >= 4 is 17.2 Å². The lowest BCUT2D eigenvalue weighted by Gasteiger charge is -2.38. The quantitative estimate of drug-likeness (QED) is 0.496. The maximum Gasteiger partial charge on any atom is 0.274 e. The van der Waals surface area contributed by atoms with Crippen LogP contribution in [0.15, 0.2) is 53.3 Å². The number of pyridine rings is 1. The van der Waals surface area contributed by atoms with Crippen LogP contribution >= 0.6 is 0 Å². The lowest BCUT2D eigenvalue weighted by atomic mass is 10.1. The molecule has 1 saturated heterocycles. The van der Waals surface area contributed by atoms with Gasteiger partial charge in [-0.25, -0.2) is 13.8 Å². The number of nitrogens with zero attached hydrogens (tertiary/aromatic N) is 5. The predicted molar refractivity (Wildman–Crippen MR) is 113 cm³/mol. The Morgan fingerprint density at radius 1 is 1.25 bits per heavy atom. The van der Waals surface area contributed by atoms with Crippen LogP contribution in [0.2, 0.25) is 0 Å². The van der Waals surface area contributed by atoms with E-state index in [1.807, 2.05) is 37.3 Å². The zero-order chi connectivity index (χ0) is 22.3. The molecule has 32 heavy (non-hydrogen) atoms. The highest BCUT2D eigenvalue weighted by molar-refractivity contribution is 6.04. The molecular weight excluding hydrogens is 418 g/mol. The third-order valence-electron chi connectivity index (χ3n) is 5.41. The SMILES string of the molecule is Cc1ccc(-c2noc(CCN3CC(F)(F)C3)n2)cc1NC(=O)c1cnc2ccccn12. The van der Waals surface area contributed by atoms with E-state index < -0.39 is 5.92 Å². The van der Waals surface area contributed by atoms with Crippen molar-refractivity contribution in [3.8, 4) is 11.4 Å². The second-order valence-corrected chi connectivity index (χ2v) is 7.88. The summed E-state index contributed by atoms with van der Waals surface area (Å²) in [6, 6.07) is 11.0. The first kappa shape index (κ1) is 20.3. The Balaban J connectivity index is 1.30. The Morgan fingerprint density at radius 3 is 2.91 bits per heavy atom. The highest BCUT2D eigenvalue weighted by Gasteiger charge is 2.43. The van der Waals surface area contributed by atoms with E-state index in [0.717, 1.165) is 5.56 Å². The number of imidazole rings is 1. The molecule has 1 fully saturated rings. The average Bonchev–Trinajstić information content (AvgIpc) is 3.39. The van der Waals surface area contributed by atoms with Crippen molar-refractivity contribution in [1.82, 2.24) is 24.4 Å². The summed E-state index contributed by atoms with van der Waals surface area (Å²) in [5.41, 5.74) is 3.27. The van der Waals surface area contributed by atoms with Crippen molar-refractivity contribution in [1.29, 1.82) is 0 Å². The minimum absolute atomic E-state index is 0.235. The van der Waals surface area contributed by atoms with Crippen LogP contribution in [0.3, 0.4) is 0 Å². The van der Waals surface area contributed by atoms with Gasteiger partial charge in [-0.2, -0.15) is 4.98 Å². The van der Waals surface area contributed by atoms with Gasteiger partial charge in [-0.1, -0.05) is 23.4 Å².